The fourth-order valence-corrected chi connectivity index (χ4v) is 2.49. The monoisotopic (exact) mass is 281 g/mol. The van der Waals surface area contributed by atoms with E-state index in [-0.39, 0.29) is 6.04 Å². The van der Waals surface area contributed by atoms with E-state index in [9.17, 15) is 9.90 Å². The van der Waals surface area contributed by atoms with Gasteiger partial charge in [-0.3, -0.25) is 4.79 Å². The van der Waals surface area contributed by atoms with Gasteiger partial charge in [0, 0.05) is 24.9 Å². The minimum absolute atomic E-state index is 0.101. The summed E-state index contributed by atoms with van der Waals surface area (Å²) in [6.45, 7) is 8.68. The smallest absolute Gasteiger partial charge is 0.323 e. The number of aryl methyl sites for hydroxylation is 1. The van der Waals surface area contributed by atoms with E-state index in [0.29, 0.717) is 13.0 Å². The molecule has 0 bridgehead atoms. The minimum atomic E-state index is -0.900. The molecule has 1 rings (SSSR count). The lowest BCUT2D eigenvalue weighted by atomic mass is 9.93. The predicted octanol–water partition coefficient (Wildman–Crippen LogP) is 2.63. The molecule has 0 aromatic carbocycles. The summed E-state index contributed by atoms with van der Waals surface area (Å²) < 4.78 is 2.10. The maximum atomic E-state index is 11.6. The molecular formula is C15H27N3O2. The van der Waals surface area contributed by atoms with Crippen LogP contribution in [0.2, 0.25) is 0 Å². The summed E-state index contributed by atoms with van der Waals surface area (Å²) >= 11 is 0. The van der Waals surface area contributed by atoms with E-state index in [2.05, 4.69) is 28.7 Å². The van der Waals surface area contributed by atoms with E-state index in [1.807, 2.05) is 13.1 Å². The van der Waals surface area contributed by atoms with Crippen LogP contribution < -0.4 is 5.32 Å². The molecular weight excluding hydrogens is 254 g/mol. The highest BCUT2D eigenvalue weighted by Crippen LogP contribution is 2.23. The van der Waals surface area contributed by atoms with Crippen LogP contribution in [0.15, 0.2) is 12.4 Å². The van der Waals surface area contributed by atoms with Gasteiger partial charge in [-0.15, -0.1) is 0 Å². The highest BCUT2D eigenvalue weighted by molar-refractivity contribution is 5.78. The van der Waals surface area contributed by atoms with Crippen LogP contribution in [0.4, 0.5) is 0 Å². The molecule has 5 nitrogen and oxygen atoms in total. The quantitative estimate of drug-likeness (QED) is 0.730. The van der Waals surface area contributed by atoms with Crippen LogP contribution in [-0.2, 0) is 11.2 Å². The first-order valence-electron chi connectivity index (χ1n) is 7.44. The molecule has 2 unspecified atom stereocenters. The van der Waals surface area contributed by atoms with Crippen LogP contribution in [0.5, 0.6) is 0 Å². The number of imidazole rings is 1. The van der Waals surface area contributed by atoms with Crippen molar-refractivity contribution in [3.05, 3.63) is 18.2 Å². The third-order valence-corrected chi connectivity index (χ3v) is 3.64. The van der Waals surface area contributed by atoms with E-state index < -0.39 is 11.5 Å². The third-order valence-electron chi connectivity index (χ3n) is 3.64. The van der Waals surface area contributed by atoms with Crippen LogP contribution in [0.3, 0.4) is 0 Å². The van der Waals surface area contributed by atoms with E-state index >= 15 is 0 Å². The van der Waals surface area contributed by atoms with E-state index in [0.717, 1.165) is 25.1 Å². The standard InChI is InChI=1S/C15H27N3O2/c1-5-7-13-16-9-10-18(13)12(3)11-15(4,14(19)20)17-8-6-2/h9-10,12,17H,5-8,11H2,1-4H3,(H,19,20). The Hall–Kier alpha value is -1.36. The molecule has 114 valence electrons. The average Bonchev–Trinajstić information content (AvgIpc) is 2.85. The molecule has 2 atom stereocenters. The molecule has 0 spiro atoms. The van der Waals surface area contributed by atoms with Crippen molar-refractivity contribution < 1.29 is 9.90 Å². The van der Waals surface area contributed by atoms with Gasteiger partial charge in [-0.25, -0.2) is 4.98 Å². The average molecular weight is 281 g/mol. The second kappa shape index (κ2) is 7.43. The van der Waals surface area contributed by atoms with E-state index in [4.69, 9.17) is 0 Å². The Morgan fingerprint density at radius 1 is 1.50 bits per heavy atom. The first-order chi connectivity index (χ1) is 9.44. The van der Waals surface area contributed by atoms with Crippen molar-refractivity contribution in [1.29, 1.82) is 0 Å². The number of carboxylic acid groups (broad SMARTS) is 1. The summed E-state index contributed by atoms with van der Waals surface area (Å²) in [6.07, 6.45) is 7.15. The van der Waals surface area contributed by atoms with Gasteiger partial charge in [0.05, 0.1) is 0 Å². The van der Waals surface area contributed by atoms with Crippen molar-refractivity contribution >= 4 is 5.97 Å². The molecule has 5 heteroatoms. The molecule has 0 amide bonds. The van der Waals surface area contributed by atoms with Gasteiger partial charge in [0.15, 0.2) is 0 Å². The van der Waals surface area contributed by atoms with Crippen molar-refractivity contribution in [3.63, 3.8) is 0 Å². The van der Waals surface area contributed by atoms with Crippen molar-refractivity contribution in [2.75, 3.05) is 6.54 Å². The number of hydrogen-bond donors (Lipinski definition) is 2. The topological polar surface area (TPSA) is 67.2 Å². The Labute approximate surface area is 121 Å². The van der Waals surface area contributed by atoms with Crippen LogP contribution in [-0.4, -0.2) is 32.7 Å². The highest BCUT2D eigenvalue weighted by Gasteiger charge is 2.34. The van der Waals surface area contributed by atoms with Gasteiger partial charge in [0.2, 0.25) is 0 Å². The molecule has 2 N–H and O–H groups in total. The molecule has 0 saturated carbocycles. The van der Waals surface area contributed by atoms with Gasteiger partial charge in [-0.05, 0) is 39.7 Å². The van der Waals surface area contributed by atoms with Gasteiger partial charge >= 0.3 is 5.97 Å². The summed E-state index contributed by atoms with van der Waals surface area (Å²) in [7, 11) is 0. The Bertz CT molecular complexity index is 431. The summed E-state index contributed by atoms with van der Waals surface area (Å²) in [5, 5.41) is 12.6. The minimum Gasteiger partial charge on any atom is -0.480 e. The summed E-state index contributed by atoms with van der Waals surface area (Å²) in [5.41, 5.74) is -0.900. The fraction of sp³-hybridized carbons (Fsp3) is 0.733. The molecule has 0 aliphatic rings. The second-order valence-electron chi connectivity index (χ2n) is 5.62. The van der Waals surface area contributed by atoms with Crippen molar-refractivity contribution in [3.8, 4) is 0 Å². The molecule has 0 aliphatic heterocycles. The van der Waals surface area contributed by atoms with Gasteiger partial charge in [0.25, 0.3) is 0 Å². The molecule has 1 aromatic heterocycles. The zero-order valence-electron chi connectivity index (χ0n) is 13.0. The zero-order valence-corrected chi connectivity index (χ0v) is 13.0. The van der Waals surface area contributed by atoms with Gasteiger partial charge < -0.3 is 15.0 Å². The predicted molar refractivity (Wildman–Crippen MR) is 79.9 cm³/mol. The number of aliphatic carboxylic acids is 1. The number of nitrogens with zero attached hydrogens (tertiary/aromatic N) is 2. The number of rotatable bonds is 9. The maximum Gasteiger partial charge on any atom is 0.323 e. The number of carbonyl (C=O) groups is 1. The molecule has 1 heterocycles. The lowest BCUT2D eigenvalue weighted by Crippen LogP contribution is -2.51. The molecule has 0 aliphatic carbocycles. The van der Waals surface area contributed by atoms with E-state index in [1.165, 1.54) is 0 Å². The fourth-order valence-electron chi connectivity index (χ4n) is 2.49. The van der Waals surface area contributed by atoms with Crippen molar-refractivity contribution in [2.24, 2.45) is 0 Å². The van der Waals surface area contributed by atoms with E-state index in [1.54, 1.807) is 13.1 Å². The largest absolute Gasteiger partial charge is 0.480 e. The number of nitrogens with one attached hydrogen (secondary N) is 1. The Morgan fingerprint density at radius 3 is 2.75 bits per heavy atom. The normalized spacial score (nSPS) is 15.8. The summed E-state index contributed by atoms with van der Waals surface area (Å²) in [6, 6.07) is 0.101. The lowest BCUT2D eigenvalue weighted by Gasteiger charge is -2.30. The molecule has 0 radical (unpaired) electrons. The molecule has 1 aromatic rings. The molecule has 0 saturated heterocycles. The maximum absolute atomic E-state index is 11.6. The Kier molecular flexibility index (Phi) is 6.20. The van der Waals surface area contributed by atoms with Crippen molar-refractivity contribution in [2.45, 2.75) is 65.0 Å². The summed E-state index contributed by atoms with van der Waals surface area (Å²) in [4.78, 5) is 15.9. The number of aromatic nitrogens is 2. The molecule has 20 heavy (non-hydrogen) atoms. The highest BCUT2D eigenvalue weighted by atomic mass is 16.4. The Balaban J connectivity index is 2.82. The van der Waals surface area contributed by atoms with Crippen LogP contribution >= 0.6 is 0 Å². The third kappa shape index (κ3) is 4.07. The van der Waals surface area contributed by atoms with Crippen LogP contribution in [0.1, 0.15) is 58.8 Å². The van der Waals surface area contributed by atoms with Gasteiger partial charge in [-0.2, -0.15) is 0 Å². The zero-order chi connectivity index (χ0) is 15.2. The number of hydrogen-bond acceptors (Lipinski definition) is 3. The van der Waals surface area contributed by atoms with Gasteiger partial charge in [-0.1, -0.05) is 13.8 Å². The lowest BCUT2D eigenvalue weighted by molar-refractivity contribution is -0.144. The van der Waals surface area contributed by atoms with Crippen LogP contribution in [0.25, 0.3) is 0 Å². The SMILES string of the molecule is CCCNC(C)(CC(C)n1ccnc1CCC)C(=O)O. The first kappa shape index (κ1) is 16.7. The van der Waals surface area contributed by atoms with Crippen molar-refractivity contribution in [1.82, 2.24) is 14.9 Å². The second-order valence-corrected chi connectivity index (χ2v) is 5.62. The van der Waals surface area contributed by atoms with Gasteiger partial charge in [0.1, 0.15) is 11.4 Å². The van der Waals surface area contributed by atoms with Crippen LogP contribution in [0, 0.1) is 0 Å². The molecule has 0 fully saturated rings. The summed E-state index contributed by atoms with van der Waals surface area (Å²) in [5.74, 6) is 0.234. The Morgan fingerprint density at radius 2 is 2.20 bits per heavy atom. The number of carboxylic acids is 1. The first-order valence-corrected chi connectivity index (χ1v) is 7.44.